The molecule has 3 aromatic heterocycles. The zero-order valence-electron chi connectivity index (χ0n) is 13.6. The second-order valence-corrected chi connectivity index (χ2v) is 6.06. The zero-order chi connectivity index (χ0) is 16.5. The first-order chi connectivity index (χ1) is 11.8. The lowest BCUT2D eigenvalue weighted by atomic mass is 9.97. The highest BCUT2D eigenvalue weighted by Gasteiger charge is 2.30. The molecule has 1 saturated heterocycles. The lowest BCUT2D eigenvalue weighted by Gasteiger charge is -2.31. The quantitative estimate of drug-likeness (QED) is 0.738. The Bertz CT molecular complexity index is 869. The monoisotopic (exact) mass is 325 g/mol. The van der Waals surface area contributed by atoms with E-state index in [1.54, 1.807) is 0 Å². The predicted octanol–water partition coefficient (Wildman–Crippen LogP) is 2.30. The van der Waals surface area contributed by atoms with E-state index in [0.29, 0.717) is 24.4 Å². The highest BCUT2D eigenvalue weighted by Crippen LogP contribution is 2.27. The number of aromatic nitrogens is 4. The van der Waals surface area contributed by atoms with E-state index in [1.807, 2.05) is 40.6 Å². The lowest BCUT2D eigenvalue weighted by molar-refractivity contribution is 0.0696. The Hall–Kier alpha value is -2.70. The Morgan fingerprint density at radius 3 is 3.17 bits per heavy atom. The largest absolute Gasteiger partial charge is 0.448 e. The molecule has 7 heteroatoms. The van der Waals surface area contributed by atoms with Gasteiger partial charge in [0.1, 0.15) is 11.6 Å². The summed E-state index contributed by atoms with van der Waals surface area (Å²) in [6.45, 7) is 3.32. The van der Waals surface area contributed by atoms with E-state index in [2.05, 4.69) is 15.2 Å². The first-order valence-corrected chi connectivity index (χ1v) is 8.29. The van der Waals surface area contributed by atoms with Crippen molar-refractivity contribution in [3.8, 4) is 0 Å². The fraction of sp³-hybridized carbons (Fsp3) is 0.412. The van der Waals surface area contributed by atoms with Gasteiger partial charge in [0.2, 0.25) is 0 Å². The standard InChI is InChI=1S/C17H19N5O2/c1-2-13-15(18-11-24-13)17(23)21-8-5-6-12(10-21)16-20-19-14-7-3-4-9-22(14)16/h3-4,7,9,11-12H,2,5-6,8,10H2,1H3/t12-/m1/s1. The molecular formula is C17H19N5O2. The van der Waals surface area contributed by atoms with Gasteiger partial charge in [-0.05, 0) is 25.0 Å². The van der Waals surface area contributed by atoms with E-state index in [1.165, 1.54) is 6.39 Å². The molecule has 3 aromatic rings. The lowest BCUT2D eigenvalue weighted by Crippen LogP contribution is -2.40. The van der Waals surface area contributed by atoms with Gasteiger partial charge in [0.25, 0.3) is 5.91 Å². The molecule has 1 fully saturated rings. The number of likely N-dealkylation sites (tertiary alicyclic amines) is 1. The van der Waals surface area contributed by atoms with Crippen LogP contribution in [0.25, 0.3) is 5.65 Å². The number of fused-ring (bicyclic) bond motifs is 1. The molecule has 4 heterocycles. The average molecular weight is 325 g/mol. The molecule has 0 saturated carbocycles. The number of carbonyl (C=O) groups excluding carboxylic acids is 1. The SMILES string of the molecule is CCc1ocnc1C(=O)N1CCC[C@@H](c2nnc3ccccn23)C1. The van der Waals surface area contributed by atoms with Gasteiger partial charge in [-0.3, -0.25) is 9.20 Å². The van der Waals surface area contributed by atoms with Crippen molar-refractivity contribution in [2.75, 3.05) is 13.1 Å². The van der Waals surface area contributed by atoms with Crippen LogP contribution in [0.1, 0.15) is 47.8 Å². The maximum absolute atomic E-state index is 12.8. The number of carbonyl (C=O) groups is 1. The van der Waals surface area contributed by atoms with Crippen molar-refractivity contribution in [3.63, 3.8) is 0 Å². The summed E-state index contributed by atoms with van der Waals surface area (Å²) < 4.78 is 7.30. The fourth-order valence-electron chi connectivity index (χ4n) is 3.36. The van der Waals surface area contributed by atoms with E-state index < -0.39 is 0 Å². The summed E-state index contributed by atoms with van der Waals surface area (Å²) in [6, 6.07) is 5.85. The highest BCUT2D eigenvalue weighted by molar-refractivity contribution is 5.93. The molecule has 1 atom stereocenters. The summed E-state index contributed by atoms with van der Waals surface area (Å²) >= 11 is 0. The van der Waals surface area contributed by atoms with Crippen molar-refractivity contribution in [2.24, 2.45) is 0 Å². The van der Waals surface area contributed by atoms with E-state index in [4.69, 9.17) is 4.42 Å². The summed E-state index contributed by atoms with van der Waals surface area (Å²) in [4.78, 5) is 18.7. The van der Waals surface area contributed by atoms with Gasteiger partial charge in [0.05, 0.1) is 0 Å². The van der Waals surface area contributed by atoms with Crippen molar-refractivity contribution >= 4 is 11.6 Å². The Balaban J connectivity index is 1.59. The van der Waals surface area contributed by atoms with E-state index in [-0.39, 0.29) is 11.8 Å². The summed E-state index contributed by atoms with van der Waals surface area (Å²) in [7, 11) is 0. The van der Waals surface area contributed by atoms with Crippen LogP contribution in [-0.4, -0.2) is 43.5 Å². The van der Waals surface area contributed by atoms with Crippen LogP contribution in [0.4, 0.5) is 0 Å². The van der Waals surface area contributed by atoms with Gasteiger partial charge >= 0.3 is 0 Å². The van der Waals surface area contributed by atoms with Crippen LogP contribution in [0.15, 0.2) is 35.2 Å². The van der Waals surface area contributed by atoms with E-state index >= 15 is 0 Å². The minimum absolute atomic E-state index is 0.0564. The normalized spacial score (nSPS) is 18.2. The number of rotatable bonds is 3. The van der Waals surface area contributed by atoms with Crippen LogP contribution in [0.5, 0.6) is 0 Å². The predicted molar refractivity (Wildman–Crippen MR) is 86.7 cm³/mol. The maximum atomic E-state index is 12.8. The van der Waals surface area contributed by atoms with Crippen molar-refractivity contribution in [1.82, 2.24) is 24.5 Å². The molecular weight excluding hydrogens is 306 g/mol. The van der Waals surface area contributed by atoms with Gasteiger partial charge in [0, 0.05) is 31.6 Å². The van der Waals surface area contributed by atoms with Gasteiger partial charge in [-0.1, -0.05) is 13.0 Å². The van der Waals surface area contributed by atoms with E-state index in [9.17, 15) is 4.79 Å². The molecule has 4 rings (SSSR count). The second-order valence-electron chi connectivity index (χ2n) is 6.06. The second kappa shape index (κ2) is 6.07. The maximum Gasteiger partial charge on any atom is 0.276 e. The molecule has 24 heavy (non-hydrogen) atoms. The van der Waals surface area contributed by atoms with Gasteiger partial charge in [-0.2, -0.15) is 0 Å². The van der Waals surface area contributed by atoms with Crippen LogP contribution >= 0.6 is 0 Å². The van der Waals surface area contributed by atoms with Crippen molar-refractivity contribution in [3.05, 3.63) is 48.1 Å². The number of hydrogen-bond acceptors (Lipinski definition) is 5. The third kappa shape index (κ3) is 2.46. The van der Waals surface area contributed by atoms with Crippen molar-refractivity contribution in [2.45, 2.75) is 32.1 Å². The molecule has 124 valence electrons. The van der Waals surface area contributed by atoms with Gasteiger partial charge < -0.3 is 9.32 Å². The Labute approximate surface area is 139 Å². The minimum Gasteiger partial charge on any atom is -0.448 e. The molecule has 7 nitrogen and oxygen atoms in total. The van der Waals surface area contributed by atoms with Gasteiger partial charge in [-0.25, -0.2) is 4.98 Å². The summed E-state index contributed by atoms with van der Waals surface area (Å²) in [5, 5.41) is 8.57. The number of aryl methyl sites for hydroxylation is 1. The molecule has 0 bridgehead atoms. The molecule has 0 N–H and O–H groups in total. The summed E-state index contributed by atoms with van der Waals surface area (Å²) in [5.41, 5.74) is 1.27. The number of nitrogens with zero attached hydrogens (tertiary/aromatic N) is 5. The molecule has 1 aliphatic heterocycles. The number of hydrogen-bond donors (Lipinski definition) is 0. The first kappa shape index (κ1) is 14.9. The van der Waals surface area contributed by atoms with Crippen molar-refractivity contribution in [1.29, 1.82) is 0 Å². The molecule has 1 aliphatic rings. The van der Waals surface area contributed by atoms with Gasteiger partial charge in [0.15, 0.2) is 17.7 Å². The topological polar surface area (TPSA) is 76.5 Å². The molecule has 1 amide bonds. The number of oxazole rings is 1. The van der Waals surface area contributed by atoms with Gasteiger partial charge in [-0.15, -0.1) is 10.2 Å². The fourth-order valence-corrected chi connectivity index (χ4v) is 3.36. The van der Waals surface area contributed by atoms with Crippen LogP contribution in [0, 0.1) is 0 Å². The number of amides is 1. The third-order valence-corrected chi connectivity index (χ3v) is 4.58. The first-order valence-electron chi connectivity index (χ1n) is 8.29. The smallest absolute Gasteiger partial charge is 0.276 e. The third-order valence-electron chi connectivity index (χ3n) is 4.58. The Morgan fingerprint density at radius 2 is 2.29 bits per heavy atom. The van der Waals surface area contributed by atoms with Crippen LogP contribution in [0.3, 0.4) is 0 Å². The van der Waals surface area contributed by atoms with Crippen LogP contribution in [-0.2, 0) is 6.42 Å². The molecule has 0 aliphatic carbocycles. The number of piperidine rings is 1. The zero-order valence-corrected chi connectivity index (χ0v) is 13.6. The minimum atomic E-state index is -0.0564. The summed E-state index contributed by atoms with van der Waals surface area (Å²) in [6.07, 6.45) is 5.92. The van der Waals surface area contributed by atoms with Crippen molar-refractivity contribution < 1.29 is 9.21 Å². The highest BCUT2D eigenvalue weighted by atomic mass is 16.3. The Morgan fingerprint density at radius 1 is 1.38 bits per heavy atom. The molecule has 0 aromatic carbocycles. The molecule has 0 unspecified atom stereocenters. The average Bonchev–Trinajstić information content (AvgIpc) is 3.27. The number of pyridine rings is 1. The molecule has 0 radical (unpaired) electrons. The van der Waals surface area contributed by atoms with Crippen LogP contribution in [0.2, 0.25) is 0 Å². The summed E-state index contributed by atoms with van der Waals surface area (Å²) in [5.74, 6) is 1.69. The Kier molecular flexibility index (Phi) is 3.76. The van der Waals surface area contributed by atoms with E-state index in [0.717, 1.165) is 30.9 Å². The molecule has 0 spiro atoms. The van der Waals surface area contributed by atoms with Crippen LogP contribution < -0.4 is 0 Å².